The standard InChI is InChI=1S/C44H29NO/c1-2-12-30(13-3-1)31-24-27-34(28-25-31)45(39-21-10-16-32-14-4-6-17-35(32)39)40-22-11-20-38-43(40)37-19-8-9-23-41(37)46-42-29-26-33-15-5-7-18-36(33)44(38)42/h1-29H. The summed E-state index contributed by atoms with van der Waals surface area (Å²) in [5, 5.41) is 4.76. The van der Waals surface area contributed by atoms with Crippen LogP contribution in [-0.2, 0) is 0 Å². The van der Waals surface area contributed by atoms with Crippen LogP contribution in [-0.4, -0.2) is 0 Å². The van der Waals surface area contributed by atoms with Crippen LogP contribution in [0.4, 0.5) is 17.1 Å². The van der Waals surface area contributed by atoms with Gasteiger partial charge in [0, 0.05) is 27.8 Å². The van der Waals surface area contributed by atoms with Gasteiger partial charge in [-0.1, -0.05) is 140 Å². The molecule has 0 atom stereocenters. The van der Waals surface area contributed by atoms with Gasteiger partial charge in [0.15, 0.2) is 0 Å². The van der Waals surface area contributed by atoms with Crippen molar-refractivity contribution in [2.75, 3.05) is 4.90 Å². The van der Waals surface area contributed by atoms with Gasteiger partial charge in [-0.2, -0.15) is 0 Å². The highest BCUT2D eigenvalue weighted by atomic mass is 16.5. The van der Waals surface area contributed by atoms with E-state index in [4.69, 9.17) is 4.74 Å². The molecule has 9 rings (SSSR count). The molecular weight excluding hydrogens is 558 g/mol. The van der Waals surface area contributed by atoms with Gasteiger partial charge in [-0.05, 0) is 69.2 Å². The maximum atomic E-state index is 6.76. The van der Waals surface area contributed by atoms with Gasteiger partial charge in [0.1, 0.15) is 11.5 Å². The van der Waals surface area contributed by atoms with E-state index < -0.39 is 0 Å². The summed E-state index contributed by atoms with van der Waals surface area (Å²) < 4.78 is 6.76. The minimum atomic E-state index is 0.850. The van der Waals surface area contributed by atoms with E-state index >= 15 is 0 Å². The lowest BCUT2D eigenvalue weighted by molar-refractivity contribution is 0.488. The molecule has 8 aromatic rings. The molecule has 46 heavy (non-hydrogen) atoms. The molecule has 1 heterocycles. The number of ether oxygens (including phenoxy) is 1. The zero-order valence-electron chi connectivity index (χ0n) is 25.1. The van der Waals surface area contributed by atoms with Crippen molar-refractivity contribution in [2.45, 2.75) is 0 Å². The fraction of sp³-hybridized carbons (Fsp3) is 0. The van der Waals surface area contributed by atoms with Gasteiger partial charge in [-0.25, -0.2) is 0 Å². The molecule has 0 aromatic heterocycles. The van der Waals surface area contributed by atoms with Crippen LogP contribution in [0.15, 0.2) is 176 Å². The summed E-state index contributed by atoms with van der Waals surface area (Å²) in [6.07, 6.45) is 0. The molecule has 0 saturated heterocycles. The number of hydrogen-bond acceptors (Lipinski definition) is 2. The average Bonchev–Trinajstić information content (AvgIpc) is 3.27. The number of hydrogen-bond donors (Lipinski definition) is 0. The summed E-state index contributed by atoms with van der Waals surface area (Å²) in [4.78, 5) is 2.42. The zero-order chi connectivity index (χ0) is 30.5. The molecule has 0 bridgehead atoms. The normalized spacial score (nSPS) is 11.7. The molecule has 0 aliphatic carbocycles. The molecule has 0 amide bonds. The largest absolute Gasteiger partial charge is 0.456 e. The highest BCUT2D eigenvalue weighted by molar-refractivity contribution is 6.09. The quantitative estimate of drug-likeness (QED) is 0.203. The first-order valence-electron chi connectivity index (χ1n) is 15.7. The monoisotopic (exact) mass is 587 g/mol. The third-order valence-electron chi connectivity index (χ3n) is 9.06. The highest BCUT2D eigenvalue weighted by Crippen LogP contribution is 2.54. The Hall–Kier alpha value is -6.12. The van der Waals surface area contributed by atoms with Gasteiger partial charge >= 0.3 is 0 Å². The first-order valence-corrected chi connectivity index (χ1v) is 15.7. The number of rotatable bonds is 4. The lowest BCUT2D eigenvalue weighted by Gasteiger charge is -2.30. The van der Waals surface area contributed by atoms with Crippen molar-refractivity contribution < 1.29 is 4.74 Å². The first-order chi connectivity index (χ1) is 22.8. The summed E-state index contributed by atoms with van der Waals surface area (Å²) in [7, 11) is 0. The molecule has 2 nitrogen and oxygen atoms in total. The van der Waals surface area contributed by atoms with E-state index in [-0.39, 0.29) is 0 Å². The Morgan fingerprint density at radius 3 is 1.80 bits per heavy atom. The van der Waals surface area contributed by atoms with Gasteiger partial charge in [-0.15, -0.1) is 0 Å². The third kappa shape index (κ3) is 4.27. The van der Waals surface area contributed by atoms with Crippen LogP contribution in [0.5, 0.6) is 11.5 Å². The van der Waals surface area contributed by atoms with E-state index in [2.05, 4.69) is 181 Å². The van der Waals surface area contributed by atoms with Crippen LogP contribution < -0.4 is 9.64 Å². The Bertz CT molecular complexity index is 2390. The van der Waals surface area contributed by atoms with Gasteiger partial charge in [0.2, 0.25) is 0 Å². The molecule has 8 aromatic carbocycles. The maximum absolute atomic E-state index is 6.76. The molecule has 0 saturated carbocycles. The maximum Gasteiger partial charge on any atom is 0.135 e. The molecule has 0 radical (unpaired) electrons. The van der Waals surface area contributed by atoms with Crippen LogP contribution in [0.3, 0.4) is 0 Å². The second-order valence-electron chi connectivity index (χ2n) is 11.7. The molecule has 0 spiro atoms. The second-order valence-corrected chi connectivity index (χ2v) is 11.7. The topological polar surface area (TPSA) is 12.5 Å². The van der Waals surface area contributed by atoms with E-state index in [1.54, 1.807) is 0 Å². The Labute approximate surface area is 268 Å². The zero-order valence-corrected chi connectivity index (χ0v) is 25.1. The lowest BCUT2D eigenvalue weighted by Crippen LogP contribution is -2.12. The van der Waals surface area contributed by atoms with Crippen molar-refractivity contribution in [3.05, 3.63) is 176 Å². The Morgan fingerprint density at radius 1 is 0.348 bits per heavy atom. The van der Waals surface area contributed by atoms with Gasteiger partial charge < -0.3 is 9.64 Å². The smallest absolute Gasteiger partial charge is 0.135 e. The minimum absolute atomic E-state index is 0.850. The number of benzene rings is 8. The molecule has 1 aliphatic heterocycles. The highest BCUT2D eigenvalue weighted by Gasteiger charge is 2.28. The van der Waals surface area contributed by atoms with E-state index in [0.29, 0.717) is 0 Å². The van der Waals surface area contributed by atoms with Gasteiger partial charge in [0.05, 0.1) is 11.4 Å². The first kappa shape index (κ1) is 26.3. The summed E-state index contributed by atoms with van der Waals surface area (Å²) in [6.45, 7) is 0. The average molecular weight is 588 g/mol. The van der Waals surface area contributed by atoms with E-state index in [1.807, 2.05) is 0 Å². The summed E-state index contributed by atoms with van der Waals surface area (Å²) in [6, 6.07) is 62.7. The summed E-state index contributed by atoms with van der Waals surface area (Å²) in [5.74, 6) is 1.72. The van der Waals surface area contributed by atoms with E-state index in [9.17, 15) is 0 Å². The lowest BCUT2D eigenvalue weighted by atomic mass is 9.89. The van der Waals surface area contributed by atoms with Crippen LogP contribution in [0.1, 0.15) is 0 Å². The fourth-order valence-electron chi connectivity index (χ4n) is 6.96. The fourth-order valence-corrected chi connectivity index (χ4v) is 6.96. The van der Waals surface area contributed by atoms with Crippen molar-refractivity contribution in [3.63, 3.8) is 0 Å². The third-order valence-corrected chi connectivity index (χ3v) is 9.06. The Morgan fingerprint density at radius 2 is 0.957 bits per heavy atom. The van der Waals surface area contributed by atoms with Crippen molar-refractivity contribution in [1.82, 2.24) is 0 Å². The SMILES string of the molecule is c1ccc(-c2ccc(N(c3cccc4c3-c3ccccc3Oc3ccc5ccccc5c3-4)c3cccc4ccccc34)cc2)cc1. The molecule has 1 aliphatic rings. The predicted octanol–water partition coefficient (Wildman–Crippen LogP) is 12.6. The Kier molecular flexibility index (Phi) is 6.17. The molecule has 0 unspecified atom stereocenters. The Balaban J connectivity index is 1.36. The second kappa shape index (κ2) is 10.8. The van der Waals surface area contributed by atoms with Crippen LogP contribution >= 0.6 is 0 Å². The minimum Gasteiger partial charge on any atom is -0.456 e. The van der Waals surface area contributed by atoms with Gasteiger partial charge in [0.25, 0.3) is 0 Å². The van der Waals surface area contributed by atoms with Crippen molar-refractivity contribution >= 4 is 38.6 Å². The van der Waals surface area contributed by atoms with Crippen molar-refractivity contribution in [2.24, 2.45) is 0 Å². The molecule has 2 heteroatoms. The molecule has 0 N–H and O–H groups in total. The number of nitrogens with zero attached hydrogens (tertiary/aromatic N) is 1. The molecule has 0 fully saturated rings. The van der Waals surface area contributed by atoms with Crippen LogP contribution in [0.25, 0.3) is 54.9 Å². The van der Waals surface area contributed by atoms with E-state index in [0.717, 1.165) is 50.8 Å². The summed E-state index contributed by atoms with van der Waals surface area (Å²) >= 11 is 0. The van der Waals surface area contributed by atoms with Gasteiger partial charge in [-0.3, -0.25) is 0 Å². The van der Waals surface area contributed by atoms with Crippen LogP contribution in [0, 0.1) is 0 Å². The molecule has 216 valence electrons. The van der Waals surface area contributed by atoms with Crippen LogP contribution in [0.2, 0.25) is 0 Å². The van der Waals surface area contributed by atoms with E-state index in [1.165, 1.54) is 32.7 Å². The number of fused-ring (bicyclic) bond motifs is 8. The van der Waals surface area contributed by atoms with Crippen molar-refractivity contribution in [1.29, 1.82) is 0 Å². The molecular formula is C44H29NO. The predicted molar refractivity (Wildman–Crippen MR) is 193 cm³/mol. The van der Waals surface area contributed by atoms with Crippen molar-refractivity contribution in [3.8, 4) is 44.9 Å². The number of anilines is 3. The summed E-state index contributed by atoms with van der Waals surface area (Å²) in [5.41, 5.74) is 10.2. The number of para-hydroxylation sites is 1.